The minimum atomic E-state index is -0.499. The summed E-state index contributed by atoms with van der Waals surface area (Å²) in [6, 6.07) is 5.53. The highest BCUT2D eigenvalue weighted by atomic mass is 16.6. The molecule has 0 unspecified atom stereocenters. The van der Waals surface area contributed by atoms with Crippen LogP contribution in [-0.2, 0) is 9.53 Å². The number of hydrogen-bond donors (Lipinski definition) is 1. The number of ether oxygens (including phenoxy) is 2. The van der Waals surface area contributed by atoms with Crippen molar-refractivity contribution in [3.63, 3.8) is 0 Å². The van der Waals surface area contributed by atoms with Gasteiger partial charge in [0.05, 0.1) is 18.1 Å². The summed E-state index contributed by atoms with van der Waals surface area (Å²) in [6.45, 7) is 6.65. The van der Waals surface area contributed by atoms with Crippen LogP contribution in [0.2, 0.25) is 0 Å². The first-order valence-electron chi connectivity index (χ1n) is 6.35. The Bertz CT molecular complexity index is 499. The summed E-state index contributed by atoms with van der Waals surface area (Å²) in [7, 11) is 0. The standard InChI is InChI=1S/C14H18N2O5/c1-11(2)9-20-8-7-15-14(17)10-21-13-5-3-12(4-6-13)16(18)19/h3-6H,1,7-10H2,2H3,(H,15,17). The Morgan fingerprint density at radius 2 is 2.00 bits per heavy atom. The molecule has 0 aliphatic heterocycles. The fraction of sp³-hybridized carbons (Fsp3) is 0.357. The van der Waals surface area contributed by atoms with E-state index < -0.39 is 4.92 Å². The molecular weight excluding hydrogens is 276 g/mol. The van der Waals surface area contributed by atoms with Gasteiger partial charge in [0.2, 0.25) is 0 Å². The van der Waals surface area contributed by atoms with Gasteiger partial charge in [-0.25, -0.2) is 0 Å². The van der Waals surface area contributed by atoms with E-state index in [1.54, 1.807) is 0 Å². The Kier molecular flexibility index (Phi) is 6.90. The molecule has 1 rings (SSSR count). The lowest BCUT2D eigenvalue weighted by molar-refractivity contribution is -0.384. The van der Waals surface area contributed by atoms with E-state index in [4.69, 9.17) is 9.47 Å². The third-order valence-corrected chi connectivity index (χ3v) is 2.33. The first-order valence-corrected chi connectivity index (χ1v) is 6.35. The number of non-ortho nitro benzene ring substituents is 1. The van der Waals surface area contributed by atoms with Crippen LogP contribution in [0, 0.1) is 10.1 Å². The van der Waals surface area contributed by atoms with Gasteiger partial charge in [-0.3, -0.25) is 14.9 Å². The molecule has 0 spiro atoms. The van der Waals surface area contributed by atoms with Crippen LogP contribution in [0.5, 0.6) is 5.75 Å². The van der Waals surface area contributed by atoms with Gasteiger partial charge < -0.3 is 14.8 Å². The first kappa shape index (κ1) is 16.6. The van der Waals surface area contributed by atoms with Gasteiger partial charge >= 0.3 is 0 Å². The Morgan fingerprint density at radius 1 is 1.33 bits per heavy atom. The largest absolute Gasteiger partial charge is 0.484 e. The zero-order valence-electron chi connectivity index (χ0n) is 11.8. The monoisotopic (exact) mass is 294 g/mol. The minimum Gasteiger partial charge on any atom is -0.484 e. The second kappa shape index (κ2) is 8.70. The van der Waals surface area contributed by atoms with Gasteiger partial charge in [-0.2, -0.15) is 0 Å². The Hall–Kier alpha value is -2.41. The average Bonchev–Trinajstić information content (AvgIpc) is 2.44. The van der Waals surface area contributed by atoms with E-state index in [-0.39, 0.29) is 18.2 Å². The van der Waals surface area contributed by atoms with Gasteiger partial charge in [0.1, 0.15) is 5.75 Å². The number of nitrogens with zero attached hydrogens (tertiary/aromatic N) is 1. The predicted molar refractivity (Wildman–Crippen MR) is 77.2 cm³/mol. The van der Waals surface area contributed by atoms with E-state index in [2.05, 4.69) is 11.9 Å². The molecule has 0 bridgehead atoms. The molecule has 1 amide bonds. The van der Waals surface area contributed by atoms with Crippen molar-refractivity contribution < 1.29 is 19.2 Å². The van der Waals surface area contributed by atoms with Crippen molar-refractivity contribution in [2.45, 2.75) is 6.92 Å². The second-order valence-electron chi connectivity index (χ2n) is 4.40. The minimum absolute atomic E-state index is 0.0264. The zero-order valence-corrected chi connectivity index (χ0v) is 11.8. The van der Waals surface area contributed by atoms with Gasteiger partial charge in [-0.05, 0) is 19.1 Å². The molecule has 1 N–H and O–H groups in total. The van der Waals surface area contributed by atoms with E-state index in [1.165, 1.54) is 24.3 Å². The van der Waals surface area contributed by atoms with Crippen LogP contribution >= 0.6 is 0 Å². The van der Waals surface area contributed by atoms with Gasteiger partial charge in [0.15, 0.2) is 6.61 Å². The van der Waals surface area contributed by atoms with Crippen LogP contribution in [-0.4, -0.2) is 37.2 Å². The van der Waals surface area contributed by atoms with Crippen LogP contribution in [0.1, 0.15) is 6.92 Å². The maximum atomic E-state index is 11.5. The molecule has 21 heavy (non-hydrogen) atoms. The normalized spacial score (nSPS) is 9.95. The van der Waals surface area contributed by atoms with Crippen molar-refractivity contribution >= 4 is 11.6 Å². The number of benzene rings is 1. The highest BCUT2D eigenvalue weighted by molar-refractivity contribution is 5.77. The zero-order chi connectivity index (χ0) is 15.7. The van der Waals surface area contributed by atoms with Gasteiger partial charge in [-0.15, -0.1) is 0 Å². The SMILES string of the molecule is C=C(C)COCCNC(=O)COc1ccc([N+](=O)[O-])cc1. The average molecular weight is 294 g/mol. The van der Waals surface area contributed by atoms with Crippen LogP contribution in [0.3, 0.4) is 0 Å². The molecule has 0 aromatic heterocycles. The molecule has 114 valence electrons. The molecule has 0 saturated carbocycles. The van der Waals surface area contributed by atoms with E-state index in [0.29, 0.717) is 25.5 Å². The number of rotatable bonds is 9. The molecular formula is C14H18N2O5. The highest BCUT2D eigenvalue weighted by Crippen LogP contribution is 2.16. The summed E-state index contributed by atoms with van der Waals surface area (Å²) in [4.78, 5) is 21.4. The number of nitro benzene ring substituents is 1. The number of amides is 1. The third kappa shape index (κ3) is 7.07. The summed E-state index contributed by atoms with van der Waals surface area (Å²) in [5.74, 6) is 0.113. The smallest absolute Gasteiger partial charge is 0.269 e. The molecule has 1 aromatic carbocycles. The van der Waals surface area contributed by atoms with Crippen molar-refractivity contribution in [2.24, 2.45) is 0 Å². The molecule has 0 saturated heterocycles. The maximum absolute atomic E-state index is 11.5. The topological polar surface area (TPSA) is 90.7 Å². The molecule has 0 aliphatic rings. The van der Waals surface area contributed by atoms with Crippen LogP contribution < -0.4 is 10.1 Å². The molecule has 0 fully saturated rings. The summed E-state index contributed by atoms with van der Waals surface area (Å²) in [5, 5.41) is 13.1. The Morgan fingerprint density at radius 3 is 2.57 bits per heavy atom. The number of nitro groups is 1. The van der Waals surface area contributed by atoms with Crippen LogP contribution in [0.4, 0.5) is 5.69 Å². The number of carbonyl (C=O) groups is 1. The molecule has 7 nitrogen and oxygen atoms in total. The van der Waals surface area contributed by atoms with Gasteiger partial charge in [0.25, 0.3) is 11.6 Å². The molecule has 0 aliphatic carbocycles. The van der Waals surface area contributed by atoms with Crippen LogP contribution in [0.25, 0.3) is 0 Å². The predicted octanol–water partition coefficient (Wildman–Crippen LogP) is 1.68. The summed E-state index contributed by atoms with van der Waals surface area (Å²) in [6.07, 6.45) is 0. The molecule has 7 heteroatoms. The molecule has 1 aromatic rings. The highest BCUT2D eigenvalue weighted by Gasteiger charge is 2.06. The molecule has 0 atom stereocenters. The van der Waals surface area contributed by atoms with E-state index in [0.717, 1.165) is 5.57 Å². The lowest BCUT2D eigenvalue weighted by Gasteiger charge is -2.08. The first-order chi connectivity index (χ1) is 9.99. The number of hydrogen-bond acceptors (Lipinski definition) is 5. The number of carbonyl (C=O) groups excluding carboxylic acids is 1. The van der Waals surface area contributed by atoms with Crippen molar-refractivity contribution in [1.82, 2.24) is 5.32 Å². The lowest BCUT2D eigenvalue weighted by atomic mass is 10.3. The third-order valence-electron chi connectivity index (χ3n) is 2.33. The molecule has 0 radical (unpaired) electrons. The van der Waals surface area contributed by atoms with Crippen molar-refractivity contribution in [3.8, 4) is 5.75 Å². The Balaban J connectivity index is 2.20. The Labute approximate surface area is 122 Å². The summed E-state index contributed by atoms with van der Waals surface area (Å²) < 4.78 is 10.4. The quantitative estimate of drug-likeness (QED) is 0.324. The van der Waals surface area contributed by atoms with Crippen molar-refractivity contribution in [2.75, 3.05) is 26.4 Å². The van der Waals surface area contributed by atoms with E-state index in [9.17, 15) is 14.9 Å². The van der Waals surface area contributed by atoms with E-state index in [1.807, 2.05) is 6.92 Å². The fourth-order valence-corrected chi connectivity index (χ4v) is 1.37. The van der Waals surface area contributed by atoms with Gasteiger partial charge in [0, 0.05) is 18.7 Å². The lowest BCUT2D eigenvalue weighted by Crippen LogP contribution is -2.31. The molecule has 0 heterocycles. The van der Waals surface area contributed by atoms with E-state index >= 15 is 0 Å². The summed E-state index contributed by atoms with van der Waals surface area (Å²) >= 11 is 0. The second-order valence-corrected chi connectivity index (χ2v) is 4.40. The summed E-state index contributed by atoms with van der Waals surface area (Å²) in [5.41, 5.74) is 0.893. The van der Waals surface area contributed by atoms with Crippen molar-refractivity contribution in [3.05, 3.63) is 46.5 Å². The van der Waals surface area contributed by atoms with Crippen LogP contribution in [0.15, 0.2) is 36.4 Å². The van der Waals surface area contributed by atoms with Crippen molar-refractivity contribution in [1.29, 1.82) is 0 Å². The maximum Gasteiger partial charge on any atom is 0.269 e. The van der Waals surface area contributed by atoms with Gasteiger partial charge in [-0.1, -0.05) is 12.2 Å². The fourth-order valence-electron chi connectivity index (χ4n) is 1.37. The number of nitrogens with one attached hydrogen (secondary N) is 1.